The van der Waals surface area contributed by atoms with Crippen LogP contribution in [0.4, 0.5) is 0 Å². The molecule has 2 N–H and O–H groups in total. The minimum Gasteiger partial charge on any atom is -0.392 e. The van der Waals surface area contributed by atoms with E-state index in [4.69, 9.17) is 0 Å². The van der Waals surface area contributed by atoms with E-state index in [9.17, 15) is 5.11 Å². The van der Waals surface area contributed by atoms with Crippen molar-refractivity contribution in [3.8, 4) is 0 Å². The number of rotatable bonds is 2. The van der Waals surface area contributed by atoms with Gasteiger partial charge in [-0.3, -0.25) is 0 Å². The van der Waals surface area contributed by atoms with E-state index >= 15 is 0 Å². The Morgan fingerprint density at radius 3 is 2.06 bits per heavy atom. The lowest BCUT2D eigenvalue weighted by Crippen LogP contribution is -2.49. The fraction of sp³-hybridized carbons (Fsp3) is 1.00. The lowest BCUT2D eigenvalue weighted by atomic mass is 9.63. The Labute approximate surface area is 106 Å². The van der Waals surface area contributed by atoms with Crippen LogP contribution in [0.1, 0.15) is 66.2 Å². The summed E-state index contributed by atoms with van der Waals surface area (Å²) < 4.78 is 0. The van der Waals surface area contributed by atoms with Crippen molar-refractivity contribution in [2.75, 3.05) is 0 Å². The minimum absolute atomic E-state index is 0.108. The average Bonchev–Trinajstić information content (AvgIpc) is 2.45. The maximum absolute atomic E-state index is 9.92. The number of hydrogen-bond acceptors (Lipinski definition) is 2. The summed E-state index contributed by atoms with van der Waals surface area (Å²) in [6, 6.07) is 0.941. The summed E-state index contributed by atoms with van der Waals surface area (Å²) in [7, 11) is 0. The highest BCUT2D eigenvalue weighted by Crippen LogP contribution is 2.46. The summed E-state index contributed by atoms with van der Waals surface area (Å²) in [5.74, 6) is 0. The molecule has 0 radical (unpaired) electrons. The molecule has 2 heteroatoms. The van der Waals surface area contributed by atoms with Crippen molar-refractivity contribution in [2.45, 2.75) is 84.4 Å². The van der Waals surface area contributed by atoms with Crippen LogP contribution >= 0.6 is 0 Å². The molecule has 2 rings (SSSR count). The maximum atomic E-state index is 9.92. The second-order valence-electron chi connectivity index (χ2n) is 7.88. The van der Waals surface area contributed by atoms with Gasteiger partial charge in [0, 0.05) is 12.1 Å². The van der Waals surface area contributed by atoms with Crippen LogP contribution in [0.3, 0.4) is 0 Å². The molecule has 2 atom stereocenters. The first-order valence-corrected chi connectivity index (χ1v) is 7.22. The molecule has 2 nitrogen and oxygen atoms in total. The largest absolute Gasteiger partial charge is 0.392 e. The molecule has 2 aliphatic rings. The predicted octanol–water partition coefficient (Wildman–Crippen LogP) is 3.09. The quantitative estimate of drug-likeness (QED) is 0.776. The van der Waals surface area contributed by atoms with E-state index in [2.05, 4.69) is 33.0 Å². The molecule has 0 amide bonds. The third kappa shape index (κ3) is 3.45. The van der Waals surface area contributed by atoms with Crippen molar-refractivity contribution >= 4 is 0 Å². The topological polar surface area (TPSA) is 32.3 Å². The summed E-state index contributed by atoms with van der Waals surface area (Å²) in [5.41, 5.74) is 0.867. The maximum Gasteiger partial charge on any atom is 0.0693 e. The van der Waals surface area contributed by atoms with Crippen molar-refractivity contribution in [3.05, 3.63) is 0 Å². The van der Waals surface area contributed by atoms with Crippen LogP contribution in [-0.4, -0.2) is 23.3 Å². The molecule has 0 spiro atoms. The lowest BCUT2D eigenvalue weighted by molar-refractivity contribution is 0.0661. The summed E-state index contributed by atoms with van der Waals surface area (Å²) in [5, 5.41) is 13.6. The van der Waals surface area contributed by atoms with Gasteiger partial charge in [-0.1, -0.05) is 27.7 Å². The molecule has 0 saturated heterocycles. The van der Waals surface area contributed by atoms with Crippen molar-refractivity contribution in [1.82, 2.24) is 5.32 Å². The molecule has 2 saturated carbocycles. The predicted molar refractivity (Wildman–Crippen MR) is 72.0 cm³/mol. The molecule has 0 bridgehead atoms. The van der Waals surface area contributed by atoms with Gasteiger partial charge in [-0.05, 0) is 49.4 Å². The van der Waals surface area contributed by atoms with E-state index in [-0.39, 0.29) is 6.10 Å². The number of aliphatic hydroxyl groups excluding tert-OH is 1. The Morgan fingerprint density at radius 1 is 1.00 bits per heavy atom. The third-order valence-electron chi connectivity index (χ3n) is 4.48. The van der Waals surface area contributed by atoms with Crippen LogP contribution in [0, 0.1) is 10.8 Å². The van der Waals surface area contributed by atoms with Gasteiger partial charge in [-0.25, -0.2) is 0 Å². The van der Waals surface area contributed by atoms with Gasteiger partial charge in [0.25, 0.3) is 0 Å². The molecule has 0 aromatic heterocycles. The first-order chi connectivity index (χ1) is 7.77. The Balaban J connectivity index is 1.96. The Kier molecular flexibility index (Phi) is 3.57. The van der Waals surface area contributed by atoms with Crippen LogP contribution in [0.25, 0.3) is 0 Å². The molecule has 100 valence electrons. The number of nitrogens with one attached hydrogen (secondary N) is 1. The fourth-order valence-electron chi connectivity index (χ4n) is 4.40. The van der Waals surface area contributed by atoms with Crippen LogP contribution < -0.4 is 5.32 Å². The fourth-order valence-corrected chi connectivity index (χ4v) is 4.40. The summed E-state index contributed by atoms with van der Waals surface area (Å²) in [6.07, 6.45) is 7.02. The SMILES string of the molecule is CC1(C)CC(NC2CCCC2O)CC(C)(C)C1. The summed E-state index contributed by atoms with van der Waals surface area (Å²) >= 11 is 0. The summed E-state index contributed by atoms with van der Waals surface area (Å²) in [4.78, 5) is 0. The van der Waals surface area contributed by atoms with E-state index in [0.717, 1.165) is 12.8 Å². The van der Waals surface area contributed by atoms with Crippen molar-refractivity contribution in [3.63, 3.8) is 0 Å². The van der Waals surface area contributed by atoms with Gasteiger partial charge < -0.3 is 10.4 Å². The van der Waals surface area contributed by atoms with Gasteiger partial charge >= 0.3 is 0 Å². The highest BCUT2D eigenvalue weighted by atomic mass is 16.3. The monoisotopic (exact) mass is 239 g/mol. The molecule has 2 aliphatic carbocycles. The zero-order valence-electron chi connectivity index (χ0n) is 11.9. The van der Waals surface area contributed by atoms with Gasteiger partial charge in [0.15, 0.2) is 0 Å². The van der Waals surface area contributed by atoms with Gasteiger partial charge in [0.05, 0.1) is 6.10 Å². The van der Waals surface area contributed by atoms with E-state index in [1.807, 2.05) is 0 Å². The van der Waals surface area contributed by atoms with Crippen LogP contribution in [0.5, 0.6) is 0 Å². The van der Waals surface area contributed by atoms with Crippen molar-refractivity contribution in [2.24, 2.45) is 10.8 Å². The second kappa shape index (κ2) is 4.55. The highest BCUT2D eigenvalue weighted by Gasteiger charge is 2.39. The lowest BCUT2D eigenvalue weighted by Gasteiger charge is -2.46. The van der Waals surface area contributed by atoms with Crippen LogP contribution in [-0.2, 0) is 0 Å². The van der Waals surface area contributed by atoms with Crippen molar-refractivity contribution < 1.29 is 5.11 Å². The Bertz CT molecular complexity index is 256. The smallest absolute Gasteiger partial charge is 0.0693 e. The first kappa shape index (κ1) is 13.4. The van der Waals surface area contributed by atoms with E-state index < -0.39 is 0 Å². The Hall–Kier alpha value is -0.0800. The van der Waals surface area contributed by atoms with Crippen LogP contribution in [0.15, 0.2) is 0 Å². The normalized spacial score (nSPS) is 37.2. The van der Waals surface area contributed by atoms with E-state index in [0.29, 0.717) is 22.9 Å². The molecule has 2 unspecified atom stereocenters. The van der Waals surface area contributed by atoms with Gasteiger partial charge in [-0.15, -0.1) is 0 Å². The van der Waals surface area contributed by atoms with Crippen molar-refractivity contribution in [1.29, 1.82) is 0 Å². The molecule has 2 fully saturated rings. The first-order valence-electron chi connectivity index (χ1n) is 7.22. The highest BCUT2D eigenvalue weighted by molar-refractivity contribution is 4.95. The Morgan fingerprint density at radius 2 is 1.59 bits per heavy atom. The average molecular weight is 239 g/mol. The second-order valence-corrected chi connectivity index (χ2v) is 7.88. The molecular formula is C15H29NO. The summed E-state index contributed by atoms with van der Waals surface area (Å²) in [6.45, 7) is 9.53. The van der Waals surface area contributed by atoms with Gasteiger partial charge in [0.1, 0.15) is 0 Å². The van der Waals surface area contributed by atoms with E-state index in [1.54, 1.807) is 0 Å². The zero-order valence-corrected chi connectivity index (χ0v) is 11.9. The number of aliphatic hydroxyl groups is 1. The molecule has 17 heavy (non-hydrogen) atoms. The molecule has 0 aromatic carbocycles. The van der Waals surface area contributed by atoms with E-state index in [1.165, 1.54) is 25.7 Å². The van der Waals surface area contributed by atoms with Gasteiger partial charge in [0.2, 0.25) is 0 Å². The number of hydrogen-bond donors (Lipinski definition) is 2. The standard InChI is InChI=1S/C15H29NO/c1-14(2)8-11(9-15(3,4)10-14)16-12-6-5-7-13(12)17/h11-13,16-17H,5-10H2,1-4H3. The third-order valence-corrected chi connectivity index (χ3v) is 4.48. The van der Waals surface area contributed by atoms with Gasteiger partial charge in [-0.2, -0.15) is 0 Å². The van der Waals surface area contributed by atoms with Crippen LogP contribution in [0.2, 0.25) is 0 Å². The minimum atomic E-state index is -0.108. The molecule has 0 heterocycles. The molecular weight excluding hydrogens is 210 g/mol. The zero-order chi connectivity index (χ0) is 12.7. The molecule has 0 aromatic rings. The molecule has 0 aliphatic heterocycles.